The molecule has 0 unspecified atom stereocenters. The van der Waals surface area contributed by atoms with E-state index in [0.717, 1.165) is 0 Å². The second-order valence-corrected chi connectivity index (χ2v) is 3.14. The fourth-order valence-corrected chi connectivity index (χ4v) is 1.44. The second-order valence-electron chi connectivity index (χ2n) is 2.28. The molecular weight excluding hydrogens is 225 g/mol. The molecule has 0 amide bonds. The lowest BCUT2D eigenvalue weighted by molar-refractivity contribution is 0.408. The Balaban J connectivity index is 3.16. The van der Waals surface area contributed by atoms with E-state index in [0.29, 0.717) is 15.8 Å². The zero-order valence-electron chi connectivity index (χ0n) is 6.60. The van der Waals surface area contributed by atoms with Gasteiger partial charge >= 0.3 is 0 Å². The van der Waals surface area contributed by atoms with Gasteiger partial charge in [-0.2, -0.15) is 0 Å². The minimum atomic E-state index is -0.336. The zero-order chi connectivity index (χ0) is 9.14. The summed E-state index contributed by atoms with van der Waals surface area (Å²) in [6.07, 6.45) is 0. The van der Waals surface area contributed by atoms with Crippen LogP contribution in [0.25, 0.3) is 0 Å². The maximum absolute atomic E-state index is 13.0. The van der Waals surface area contributed by atoms with E-state index in [1.807, 2.05) is 0 Å². The molecule has 4 heteroatoms. The summed E-state index contributed by atoms with van der Waals surface area (Å²) in [5.41, 5.74) is 5.78. The number of ether oxygens (including phenoxy) is 1. The summed E-state index contributed by atoms with van der Waals surface area (Å²) >= 11 is 3.24. The Hall–Kier alpha value is -0.610. The first kappa shape index (κ1) is 9.48. The van der Waals surface area contributed by atoms with E-state index in [2.05, 4.69) is 15.9 Å². The number of hydrogen-bond donors (Lipinski definition) is 1. The third kappa shape index (κ3) is 1.76. The molecule has 2 nitrogen and oxygen atoms in total. The lowest BCUT2D eigenvalue weighted by Gasteiger charge is -2.05. The van der Waals surface area contributed by atoms with Crippen LogP contribution in [-0.4, -0.2) is 7.11 Å². The summed E-state index contributed by atoms with van der Waals surface area (Å²) in [4.78, 5) is 0. The molecule has 66 valence electrons. The largest absolute Gasteiger partial charge is 0.495 e. The number of halogens is 2. The van der Waals surface area contributed by atoms with Crippen LogP contribution in [0.3, 0.4) is 0 Å². The van der Waals surface area contributed by atoms with Gasteiger partial charge in [0.2, 0.25) is 0 Å². The second kappa shape index (κ2) is 3.87. The molecule has 0 aliphatic heterocycles. The van der Waals surface area contributed by atoms with Crippen LogP contribution in [-0.2, 0) is 6.54 Å². The summed E-state index contributed by atoms with van der Waals surface area (Å²) in [5.74, 6) is 0.141. The number of methoxy groups -OCH3 is 1. The Morgan fingerprint density at radius 3 is 2.75 bits per heavy atom. The summed E-state index contributed by atoms with van der Waals surface area (Å²) < 4.78 is 18.6. The molecule has 0 radical (unpaired) electrons. The Morgan fingerprint density at radius 2 is 2.25 bits per heavy atom. The summed E-state index contributed by atoms with van der Waals surface area (Å²) in [6, 6.07) is 2.93. The summed E-state index contributed by atoms with van der Waals surface area (Å²) in [6.45, 7) is 0.189. The minimum Gasteiger partial charge on any atom is -0.495 e. The first-order valence-corrected chi connectivity index (χ1v) is 4.20. The van der Waals surface area contributed by atoms with Gasteiger partial charge in [-0.1, -0.05) is 0 Å². The molecule has 0 aromatic heterocycles. The van der Waals surface area contributed by atoms with Gasteiger partial charge in [-0.25, -0.2) is 4.39 Å². The molecule has 12 heavy (non-hydrogen) atoms. The van der Waals surface area contributed by atoms with Crippen molar-refractivity contribution < 1.29 is 9.13 Å². The number of rotatable bonds is 2. The Morgan fingerprint density at radius 1 is 1.58 bits per heavy atom. The molecule has 0 saturated carbocycles. The number of hydrogen-bond acceptors (Lipinski definition) is 2. The molecule has 1 aromatic rings. The van der Waals surface area contributed by atoms with Crippen LogP contribution < -0.4 is 10.5 Å². The van der Waals surface area contributed by atoms with E-state index in [-0.39, 0.29) is 12.4 Å². The van der Waals surface area contributed by atoms with Gasteiger partial charge in [0.05, 0.1) is 11.6 Å². The Kier molecular flexibility index (Phi) is 3.05. The van der Waals surface area contributed by atoms with E-state index < -0.39 is 0 Å². The van der Waals surface area contributed by atoms with Gasteiger partial charge < -0.3 is 10.5 Å². The van der Waals surface area contributed by atoms with Crippen LogP contribution >= 0.6 is 15.9 Å². The van der Waals surface area contributed by atoms with Crippen LogP contribution in [0.5, 0.6) is 5.75 Å². The zero-order valence-corrected chi connectivity index (χ0v) is 8.19. The highest BCUT2D eigenvalue weighted by atomic mass is 79.9. The fourth-order valence-electron chi connectivity index (χ4n) is 0.883. The normalized spacial score (nSPS) is 10.0. The van der Waals surface area contributed by atoms with Crippen molar-refractivity contribution in [2.45, 2.75) is 6.54 Å². The van der Waals surface area contributed by atoms with Gasteiger partial charge in [-0.15, -0.1) is 0 Å². The van der Waals surface area contributed by atoms with E-state index in [4.69, 9.17) is 10.5 Å². The van der Waals surface area contributed by atoms with E-state index in [1.165, 1.54) is 13.2 Å². The van der Waals surface area contributed by atoms with Crippen molar-refractivity contribution in [3.63, 3.8) is 0 Å². The van der Waals surface area contributed by atoms with E-state index in [1.54, 1.807) is 6.07 Å². The van der Waals surface area contributed by atoms with Crippen molar-refractivity contribution in [3.05, 3.63) is 28.0 Å². The molecule has 0 spiro atoms. The topological polar surface area (TPSA) is 35.2 Å². The first-order valence-electron chi connectivity index (χ1n) is 3.41. The van der Waals surface area contributed by atoms with Crippen molar-refractivity contribution in [1.29, 1.82) is 0 Å². The molecule has 0 saturated heterocycles. The standard InChI is InChI=1S/C8H9BrFNO/c1-12-8-3-7(10)5(4-11)2-6(8)9/h2-3H,4,11H2,1H3. The number of nitrogens with two attached hydrogens (primary N) is 1. The van der Waals surface area contributed by atoms with Crippen molar-refractivity contribution >= 4 is 15.9 Å². The fraction of sp³-hybridized carbons (Fsp3) is 0.250. The van der Waals surface area contributed by atoms with E-state index >= 15 is 0 Å². The van der Waals surface area contributed by atoms with Gasteiger partial charge in [0.25, 0.3) is 0 Å². The molecule has 1 aromatic carbocycles. The smallest absolute Gasteiger partial charge is 0.135 e. The van der Waals surface area contributed by atoms with Gasteiger partial charge in [0.1, 0.15) is 11.6 Å². The van der Waals surface area contributed by atoms with E-state index in [9.17, 15) is 4.39 Å². The molecule has 0 bridgehead atoms. The summed E-state index contributed by atoms with van der Waals surface area (Å²) in [5, 5.41) is 0. The average Bonchev–Trinajstić information content (AvgIpc) is 2.08. The quantitative estimate of drug-likeness (QED) is 0.849. The highest BCUT2D eigenvalue weighted by Gasteiger charge is 2.06. The van der Waals surface area contributed by atoms with Crippen molar-refractivity contribution in [1.82, 2.24) is 0 Å². The molecule has 0 atom stereocenters. The van der Waals surface area contributed by atoms with Crippen molar-refractivity contribution in [2.75, 3.05) is 7.11 Å². The third-order valence-electron chi connectivity index (χ3n) is 1.54. The Labute approximate surface area is 78.6 Å². The molecule has 0 aliphatic rings. The van der Waals surface area contributed by atoms with Crippen LogP contribution in [0.15, 0.2) is 16.6 Å². The van der Waals surface area contributed by atoms with Gasteiger partial charge in [0.15, 0.2) is 0 Å². The highest BCUT2D eigenvalue weighted by Crippen LogP contribution is 2.27. The predicted molar refractivity (Wildman–Crippen MR) is 48.5 cm³/mol. The van der Waals surface area contributed by atoms with Crippen LogP contribution in [0.4, 0.5) is 4.39 Å². The van der Waals surface area contributed by atoms with Crippen molar-refractivity contribution in [3.8, 4) is 5.75 Å². The van der Waals surface area contributed by atoms with Crippen LogP contribution in [0.2, 0.25) is 0 Å². The molecule has 1 rings (SSSR count). The predicted octanol–water partition coefficient (Wildman–Crippen LogP) is 2.06. The molecule has 0 heterocycles. The first-order chi connectivity index (χ1) is 5.69. The summed E-state index contributed by atoms with van der Waals surface area (Å²) in [7, 11) is 1.49. The lowest BCUT2D eigenvalue weighted by Crippen LogP contribution is -2.00. The highest BCUT2D eigenvalue weighted by molar-refractivity contribution is 9.10. The lowest BCUT2D eigenvalue weighted by atomic mass is 10.2. The molecule has 2 N–H and O–H groups in total. The third-order valence-corrected chi connectivity index (χ3v) is 2.16. The molecule has 0 fully saturated rings. The van der Waals surface area contributed by atoms with Crippen molar-refractivity contribution in [2.24, 2.45) is 5.73 Å². The molecular formula is C8H9BrFNO. The minimum absolute atomic E-state index is 0.189. The molecule has 0 aliphatic carbocycles. The Bertz CT molecular complexity index is 261. The maximum Gasteiger partial charge on any atom is 0.135 e. The van der Waals surface area contributed by atoms with Gasteiger partial charge in [-0.05, 0) is 22.0 Å². The van der Waals surface area contributed by atoms with Crippen LogP contribution in [0, 0.1) is 5.82 Å². The van der Waals surface area contributed by atoms with Crippen LogP contribution in [0.1, 0.15) is 5.56 Å². The SMILES string of the molecule is COc1cc(F)c(CN)cc1Br. The maximum atomic E-state index is 13.0. The monoisotopic (exact) mass is 233 g/mol. The number of benzene rings is 1. The average molecular weight is 234 g/mol. The van der Waals surface area contributed by atoms with Gasteiger partial charge in [0, 0.05) is 18.2 Å². The van der Waals surface area contributed by atoms with Gasteiger partial charge in [-0.3, -0.25) is 0 Å².